The number of nitro benzene ring substituents is 1. The van der Waals surface area contributed by atoms with Crippen molar-refractivity contribution in [3.63, 3.8) is 0 Å². The van der Waals surface area contributed by atoms with Crippen molar-refractivity contribution in [2.75, 3.05) is 0 Å². The first kappa shape index (κ1) is 14.7. The van der Waals surface area contributed by atoms with Gasteiger partial charge in [-0.2, -0.15) is 18.3 Å². The van der Waals surface area contributed by atoms with Crippen LogP contribution in [0.15, 0.2) is 30.6 Å². The molecule has 0 bridgehead atoms. The molecule has 9 heteroatoms. The second-order valence-electron chi connectivity index (χ2n) is 4.19. The largest absolute Gasteiger partial charge is 0.419 e. The van der Waals surface area contributed by atoms with Crippen LogP contribution in [-0.4, -0.2) is 20.5 Å². The summed E-state index contributed by atoms with van der Waals surface area (Å²) in [6.07, 6.45) is -3.22. The SMILES string of the molecule is CC(=O)c1ccc(-n2cc(C(F)(F)F)cn2)cc1[N+](=O)[O-]. The maximum absolute atomic E-state index is 12.5. The van der Waals surface area contributed by atoms with Gasteiger partial charge in [-0.05, 0) is 19.1 Å². The predicted molar refractivity (Wildman–Crippen MR) is 65.2 cm³/mol. The highest BCUT2D eigenvalue weighted by Gasteiger charge is 2.32. The first-order valence-electron chi connectivity index (χ1n) is 5.62. The second-order valence-corrected chi connectivity index (χ2v) is 4.19. The number of hydrogen-bond acceptors (Lipinski definition) is 4. The molecule has 0 aliphatic heterocycles. The van der Waals surface area contributed by atoms with Crippen LogP contribution < -0.4 is 0 Å². The summed E-state index contributed by atoms with van der Waals surface area (Å²) in [6.45, 7) is 1.16. The average Bonchev–Trinajstić information content (AvgIpc) is 2.87. The van der Waals surface area contributed by atoms with Crippen molar-refractivity contribution in [1.29, 1.82) is 0 Å². The number of benzene rings is 1. The van der Waals surface area contributed by atoms with Crippen LogP contribution in [0.2, 0.25) is 0 Å². The van der Waals surface area contributed by atoms with E-state index in [1.165, 1.54) is 12.1 Å². The Labute approximate surface area is 116 Å². The van der Waals surface area contributed by atoms with Gasteiger partial charge in [0, 0.05) is 12.3 Å². The number of rotatable bonds is 3. The van der Waals surface area contributed by atoms with Crippen LogP contribution in [0.1, 0.15) is 22.8 Å². The molecule has 0 saturated carbocycles. The first-order valence-corrected chi connectivity index (χ1v) is 5.62. The maximum Gasteiger partial charge on any atom is 0.419 e. The van der Waals surface area contributed by atoms with E-state index in [1.54, 1.807) is 0 Å². The summed E-state index contributed by atoms with van der Waals surface area (Å²) in [5, 5.41) is 14.4. The second kappa shape index (κ2) is 5.00. The van der Waals surface area contributed by atoms with Gasteiger partial charge in [-0.3, -0.25) is 14.9 Å². The van der Waals surface area contributed by atoms with Gasteiger partial charge in [-0.15, -0.1) is 0 Å². The van der Waals surface area contributed by atoms with Crippen LogP contribution in [0, 0.1) is 10.1 Å². The zero-order chi connectivity index (χ0) is 15.8. The summed E-state index contributed by atoms with van der Waals surface area (Å²) in [6, 6.07) is 3.48. The Hall–Kier alpha value is -2.71. The molecule has 0 amide bonds. The smallest absolute Gasteiger partial charge is 0.294 e. The van der Waals surface area contributed by atoms with E-state index in [-0.39, 0.29) is 11.3 Å². The van der Waals surface area contributed by atoms with Gasteiger partial charge in [-0.25, -0.2) is 4.68 Å². The summed E-state index contributed by atoms with van der Waals surface area (Å²) in [5.41, 5.74) is -1.51. The number of carbonyl (C=O) groups is 1. The molecule has 1 aromatic carbocycles. The van der Waals surface area contributed by atoms with E-state index < -0.39 is 28.1 Å². The Morgan fingerprint density at radius 3 is 2.52 bits per heavy atom. The van der Waals surface area contributed by atoms with Gasteiger partial charge in [0.05, 0.1) is 27.9 Å². The zero-order valence-corrected chi connectivity index (χ0v) is 10.6. The number of nitro groups is 1. The standard InChI is InChI=1S/C12H8F3N3O3/c1-7(19)10-3-2-9(4-11(10)18(20)21)17-6-8(5-16-17)12(13,14)15/h2-6H,1H3. The topological polar surface area (TPSA) is 78.0 Å². The fourth-order valence-corrected chi connectivity index (χ4v) is 1.72. The van der Waals surface area contributed by atoms with Gasteiger partial charge in [-0.1, -0.05) is 0 Å². The zero-order valence-electron chi connectivity index (χ0n) is 10.6. The molecule has 0 N–H and O–H groups in total. The molecule has 2 rings (SSSR count). The number of nitrogens with zero attached hydrogens (tertiary/aromatic N) is 3. The Bertz CT molecular complexity index is 722. The summed E-state index contributed by atoms with van der Waals surface area (Å²) in [5.74, 6) is -0.510. The molecule has 21 heavy (non-hydrogen) atoms. The lowest BCUT2D eigenvalue weighted by molar-refractivity contribution is -0.385. The maximum atomic E-state index is 12.5. The summed E-state index contributed by atoms with van der Waals surface area (Å²) in [4.78, 5) is 21.4. The van der Waals surface area contributed by atoms with Crippen molar-refractivity contribution in [2.24, 2.45) is 0 Å². The molecule has 2 aromatic rings. The molecule has 110 valence electrons. The highest BCUT2D eigenvalue weighted by atomic mass is 19.4. The number of carbonyl (C=O) groups excluding carboxylic acids is 1. The molecular formula is C12H8F3N3O3. The molecule has 1 aromatic heterocycles. The van der Waals surface area contributed by atoms with E-state index in [0.29, 0.717) is 12.4 Å². The van der Waals surface area contributed by atoms with Gasteiger partial charge in [0.1, 0.15) is 0 Å². The van der Waals surface area contributed by atoms with Crippen LogP contribution >= 0.6 is 0 Å². The van der Waals surface area contributed by atoms with Crippen molar-refractivity contribution < 1.29 is 22.9 Å². The van der Waals surface area contributed by atoms with E-state index in [2.05, 4.69) is 5.10 Å². The number of Topliss-reactive ketones (excluding diaryl/α,β-unsaturated/α-hetero) is 1. The molecule has 0 unspecified atom stereocenters. The van der Waals surface area contributed by atoms with Crippen LogP contribution in [0.3, 0.4) is 0 Å². The minimum atomic E-state index is -4.55. The Balaban J connectivity index is 2.51. The van der Waals surface area contributed by atoms with Crippen molar-refractivity contribution in [1.82, 2.24) is 9.78 Å². The van der Waals surface area contributed by atoms with Gasteiger partial charge in [0.15, 0.2) is 5.78 Å². The summed E-state index contributed by atoms with van der Waals surface area (Å²) in [7, 11) is 0. The highest BCUT2D eigenvalue weighted by molar-refractivity contribution is 5.98. The van der Waals surface area contributed by atoms with Crippen LogP contribution in [0.5, 0.6) is 0 Å². The summed E-state index contributed by atoms with van der Waals surface area (Å²) >= 11 is 0. The van der Waals surface area contributed by atoms with Crippen molar-refractivity contribution in [3.8, 4) is 5.69 Å². The van der Waals surface area contributed by atoms with E-state index >= 15 is 0 Å². The van der Waals surface area contributed by atoms with Crippen LogP contribution in [0.4, 0.5) is 18.9 Å². The van der Waals surface area contributed by atoms with Crippen molar-refractivity contribution >= 4 is 11.5 Å². The fourth-order valence-electron chi connectivity index (χ4n) is 1.72. The number of aromatic nitrogens is 2. The Kier molecular flexibility index (Phi) is 3.50. The predicted octanol–water partition coefficient (Wildman–Crippen LogP) is 3.00. The molecule has 0 radical (unpaired) electrons. The monoisotopic (exact) mass is 299 g/mol. The normalized spacial score (nSPS) is 11.4. The molecule has 1 heterocycles. The number of hydrogen-bond donors (Lipinski definition) is 0. The van der Waals surface area contributed by atoms with Crippen LogP contribution in [0.25, 0.3) is 5.69 Å². The third-order valence-electron chi connectivity index (χ3n) is 2.73. The quantitative estimate of drug-likeness (QED) is 0.496. The lowest BCUT2D eigenvalue weighted by Crippen LogP contribution is -2.04. The average molecular weight is 299 g/mol. The fraction of sp³-hybridized carbons (Fsp3) is 0.167. The minimum Gasteiger partial charge on any atom is -0.294 e. The molecule has 0 aliphatic rings. The summed E-state index contributed by atoms with van der Waals surface area (Å²) < 4.78 is 38.3. The molecule has 0 aliphatic carbocycles. The molecule has 0 saturated heterocycles. The minimum absolute atomic E-state index is 0.0576. The van der Waals surface area contributed by atoms with Gasteiger partial charge >= 0.3 is 6.18 Å². The Morgan fingerprint density at radius 2 is 2.05 bits per heavy atom. The molecule has 0 atom stereocenters. The first-order chi connectivity index (χ1) is 9.70. The van der Waals surface area contributed by atoms with Gasteiger partial charge in [0.2, 0.25) is 0 Å². The van der Waals surface area contributed by atoms with Gasteiger partial charge < -0.3 is 0 Å². The molecule has 0 spiro atoms. The number of alkyl halides is 3. The lowest BCUT2D eigenvalue weighted by atomic mass is 10.1. The van der Waals surface area contributed by atoms with E-state index in [0.717, 1.165) is 17.7 Å². The molecule has 0 fully saturated rings. The van der Waals surface area contributed by atoms with E-state index in [1.807, 2.05) is 0 Å². The van der Waals surface area contributed by atoms with E-state index in [4.69, 9.17) is 0 Å². The lowest BCUT2D eigenvalue weighted by Gasteiger charge is -2.04. The molecular weight excluding hydrogens is 291 g/mol. The van der Waals surface area contributed by atoms with Gasteiger partial charge in [0.25, 0.3) is 5.69 Å². The highest BCUT2D eigenvalue weighted by Crippen LogP contribution is 2.30. The third-order valence-corrected chi connectivity index (χ3v) is 2.73. The van der Waals surface area contributed by atoms with Crippen molar-refractivity contribution in [3.05, 3.63) is 51.8 Å². The van der Waals surface area contributed by atoms with Crippen LogP contribution in [-0.2, 0) is 6.18 Å². The molecule has 6 nitrogen and oxygen atoms in total. The van der Waals surface area contributed by atoms with Crippen molar-refractivity contribution in [2.45, 2.75) is 13.1 Å². The number of ketones is 1. The number of halogens is 3. The Morgan fingerprint density at radius 1 is 1.38 bits per heavy atom. The third kappa shape index (κ3) is 2.91. The van der Waals surface area contributed by atoms with E-state index in [9.17, 15) is 28.1 Å².